The summed E-state index contributed by atoms with van der Waals surface area (Å²) in [6.45, 7) is 2.37. The number of aliphatic hydroxyl groups is 1. The first-order valence-electron chi connectivity index (χ1n) is 12.6. The standard InChI is InChI=1S/C29H34N2O7/c1-30-9-7-16-12-22(36-3)23(14-19(16)15-30)38-29-25-17(13-24(37-4)28(29)35)8-10-31(2)26(25)27(34)18-5-6-20(32)21(33)11-18/h5-6,11-14,26-27,32-35H,7-10,15H2,1-4H3/t26-,27-/m0/s1. The van der Waals surface area contributed by atoms with Crippen molar-refractivity contribution in [3.8, 4) is 40.2 Å². The summed E-state index contributed by atoms with van der Waals surface area (Å²) >= 11 is 0. The van der Waals surface area contributed by atoms with Crippen LogP contribution in [0.15, 0.2) is 36.4 Å². The maximum atomic E-state index is 11.5. The third-order valence-electron chi connectivity index (χ3n) is 7.61. The molecule has 2 heterocycles. The number of ether oxygens (including phenoxy) is 3. The number of benzene rings is 3. The van der Waals surface area contributed by atoms with Crippen LogP contribution in [0.1, 0.15) is 40.0 Å². The van der Waals surface area contributed by atoms with E-state index < -0.39 is 12.1 Å². The summed E-state index contributed by atoms with van der Waals surface area (Å²) in [7, 11) is 7.03. The van der Waals surface area contributed by atoms with Crippen LogP contribution in [0.3, 0.4) is 0 Å². The van der Waals surface area contributed by atoms with Gasteiger partial charge in [-0.2, -0.15) is 0 Å². The molecule has 0 saturated carbocycles. The van der Waals surface area contributed by atoms with Gasteiger partial charge in [0.15, 0.2) is 34.5 Å². The van der Waals surface area contributed by atoms with E-state index in [-0.39, 0.29) is 28.7 Å². The summed E-state index contributed by atoms with van der Waals surface area (Å²) in [5.74, 6) is 0.693. The van der Waals surface area contributed by atoms with Gasteiger partial charge in [-0.15, -0.1) is 0 Å². The van der Waals surface area contributed by atoms with E-state index in [1.54, 1.807) is 19.2 Å². The second-order valence-electron chi connectivity index (χ2n) is 10.1. The van der Waals surface area contributed by atoms with Crippen molar-refractivity contribution in [1.29, 1.82) is 0 Å². The van der Waals surface area contributed by atoms with E-state index >= 15 is 0 Å². The van der Waals surface area contributed by atoms with Crippen LogP contribution < -0.4 is 14.2 Å². The Kier molecular flexibility index (Phi) is 7.00. The summed E-state index contributed by atoms with van der Waals surface area (Å²) in [6.07, 6.45) is 0.454. The average molecular weight is 523 g/mol. The van der Waals surface area contributed by atoms with Crippen LogP contribution in [-0.4, -0.2) is 71.6 Å². The van der Waals surface area contributed by atoms with Crippen LogP contribution >= 0.6 is 0 Å². The van der Waals surface area contributed by atoms with Crippen molar-refractivity contribution in [1.82, 2.24) is 9.80 Å². The van der Waals surface area contributed by atoms with Crippen LogP contribution in [0.4, 0.5) is 0 Å². The molecule has 3 aromatic carbocycles. The van der Waals surface area contributed by atoms with Gasteiger partial charge in [-0.25, -0.2) is 0 Å². The zero-order valence-corrected chi connectivity index (χ0v) is 22.1. The number of fused-ring (bicyclic) bond motifs is 2. The number of hydrogen-bond acceptors (Lipinski definition) is 9. The number of phenolic OH excluding ortho intramolecular Hbond substituents is 3. The molecule has 0 amide bonds. The summed E-state index contributed by atoms with van der Waals surface area (Å²) in [6, 6.07) is 9.34. The smallest absolute Gasteiger partial charge is 0.201 e. The molecule has 2 aliphatic heterocycles. The number of methoxy groups -OCH3 is 2. The molecule has 9 nitrogen and oxygen atoms in total. The molecule has 2 aliphatic rings. The number of rotatable bonds is 6. The minimum atomic E-state index is -1.10. The van der Waals surface area contributed by atoms with Gasteiger partial charge in [-0.1, -0.05) is 6.07 Å². The average Bonchev–Trinajstić information content (AvgIpc) is 2.90. The van der Waals surface area contributed by atoms with Crippen LogP contribution in [0.5, 0.6) is 40.2 Å². The van der Waals surface area contributed by atoms with E-state index in [1.807, 2.05) is 24.1 Å². The summed E-state index contributed by atoms with van der Waals surface area (Å²) in [5.41, 5.74) is 4.23. The first-order chi connectivity index (χ1) is 18.2. The highest BCUT2D eigenvalue weighted by atomic mass is 16.5. The lowest BCUT2D eigenvalue weighted by Crippen LogP contribution is -2.36. The van der Waals surface area contributed by atoms with E-state index in [4.69, 9.17) is 14.2 Å². The van der Waals surface area contributed by atoms with Gasteiger partial charge in [0.2, 0.25) is 5.75 Å². The van der Waals surface area contributed by atoms with Gasteiger partial charge in [-0.3, -0.25) is 4.90 Å². The fourth-order valence-electron chi connectivity index (χ4n) is 5.50. The Bertz CT molecular complexity index is 1360. The third-order valence-corrected chi connectivity index (χ3v) is 7.61. The van der Waals surface area contributed by atoms with E-state index in [0.29, 0.717) is 35.6 Å². The second-order valence-corrected chi connectivity index (χ2v) is 10.1. The molecule has 0 aliphatic carbocycles. The van der Waals surface area contributed by atoms with Gasteiger partial charge in [-0.05, 0) is 79.5 Å². The van der Waals surface area contributed by atoms with Crippen molar-refractivity contribution in [3.05, 3.63) is 64.2 Å². The van der Waals surface area contributed by atoms with E-state index in [2.05, 4.69) is 11.9 Å². The van der Waals surface area contributed by atoms with Crippen molar-refractivity contribution in [2.24, 2.45) is 0 Å². The van der Waals surface area contributed by atoms with Crippen molar-refractivity contribution < 1.29 is 34.6 Å². The first kappa shape index (κ1) is 26.0. The number of aliphatic hydroxyl groups excluding tert-OH is 1. The van der Waals surface area contributed by atoms with E-state index in [1.165, 1.54) is 24.8 Å². The maximum absolute atomic E-state index is 11.5. The number of likely N-dealkylation sites (N-methyl/N-ethyl adjacent to an activating group) is 2. The quantitative estimate of drug-likeness (QED) is 0.358. The van der Waals surface area contributed by atoms with Crippen LogP contribution in [0.2, 0.25) is 0 Å². The molecular formula is C29H34N2O7. The van der Waals surface area contributed by atoms with Crippen LogP contribution in [-0.2, 0) is 19.4 Å². The molecule has 38 heavy (non-hydrogen) atoms. The van der Waals surface area contributed by atoms with Crippen molar-refractivity contribution in [2.45, 2.75) is 31.5 Å². The molecule has 9 heteroatoms. The van der Waals surface area contributed by atoms with E-state index in [0.717, 1.165) is 30.6 Å². The number of aromatic hydroxyl groups is 3. The number of phenols is 3. The Morgan fingerprint density at radius 3 is 2.21 bits per heavy atom. The molecule has 5 rings (SSSR count). The topological polar surface area (TPSA) is 115 Å². The second kappa shape index (κ2) is 10.2. The van der Waals surface area contributed by atoms with Gasteiger partial charge in [0, 0.05) is 25.2 Å². The molecular weight excluding hydrogens is 488 g/mol. The lowest BCUT2D eigenvalue weighted by atomic mass is 9.85. The maximum Gasteiger partial charge on any atom is 0.201 e. The SMILES string of the molecule is COc1cc2c(cc1Oc1c(O)c(OC)cc3c1[C@@H]([C@@H](O)c1ccc(O)c(O)c1)N(C)CC3)CN(C)CC2. The Morgan fingerprint density at radius 2 is 1.50 bits per heavy atom. The van der Waals surface area contributed by atoms with Gasteiger partial charge >= 0.3 is 0 Å². The van der Waals surface area contributed by atoms with Gasteiger partial charge in [0.1, 0.15) is 0 Å². The molecule has 0 fully saturated rings. The zero-order chi connectivity index (χ0) is 27.1. The monoisotopic (exact) mass is 522 g/mol. The van der Waals surface area contributed by atoms with Crippen molar-refractivity contribution in [3.63, 3.8) is 0 Å². The number of nitrogens with zero attached hydrogens (tertiary/aromatic N) is 2. The zero-order valence-electron chi connectivity index (χ0n) is 22.1. The lowest BCUT2D eigenvalue weighted by molar-refractivity contribution is 0.0541. The fourth-order valence-corrected chi connectivity index (χ4v) is 5.50. The Balaban J connectivity index is 1.65. The molecule has 0 aromatic heterocycles. The Hall–Kier alpha value is -3.66. The summed E-state index contributed by atoms with van der Waals surface area (Å²) < 4.78 is 17.6. The third kappa shape index (κ3) is 4.57. The summed E-state index contributed by atoms with van der Waals surface area (Å²) in [5, 5.41) is 42.7. The molecule has 0 spiro atoms. The predicted molar refractivity (Wildman–Crippen MR) is 142 cm³/mol. The Labute approximate surface area is 222 Å². The highest BCUT2D eigenvalue weighted by Crippen LogP contribution is 2.52. The highest BCUT2D eigenvalue weighted by Gasteiger charge is 2.37. The predicted octanol–water partition coefficient (Wildman–Crippen LogP) is 3.86. The largest absolute Gasteiger partial charge is 0.504 e. The van der Waals surface area contributed by atoms with Crippen LogP contribution in [0, 0.1) is 0 Å². The van der Waals surface area contributed by atoms with E-state index in [9.17, 15) is 20.4 Å². The van der Waals surface area contributed by atoms with Gasteiger partial charge in [0.05, 0.1) is 26.4 Å². The van der Waals surface area contributed by atoms with Crippen molar-refractivity contribution >= 4 is 0 Å². The minimum Gasteiger partial charge on any atom is -0.504 e. The van der Waals surface area contributed by atoms with Gasteiger partial charge in [0.25, 0.3) is 0 Å². The van der Waals surface area contributed by atoms with Gasteiger partial charge < -0.3 is 39.5 Å². The first-order valence-corrected chi connectivity index (χ1v) is 12.6. The molecule has 0 unspecified atom stereocenters. The molecule has 0 bridgehead atoms. The minimum absolute atomic E-state index is 0.177. The lowest BCUT2D eigenvalue weighted by Gasteiger charge is -2.39. The Morgan fingerprint density at radius 1 is 0.816 bits per heavy atom. The molecule has 202 valence electrons. The molecule has 3 aromatic rings. The molecule has 4 N–H and O–H groups in total. The summed E-state index contributed by atoms with van der Waals surface area (Å²) in [4.78, 5) is 4.21. The van der Waals surface area contributed by atoms with Crippen molar-refractivity contribution in [2.75, 3.05) is 41.4 Å². The normalized spacial score (nSPS) is 18.4. The fraction of sp³-hybridized carbons (Fsp3) is 0.379. The molecule has 0 saturated heterocycles. The van der Waals surface area contributed by atoms with Crippen LogP contribution in [0.25, 0.3) is 0 Å². The highest BCUT2D eigenvalue weighted by molar-refractivity contribution is 5.63. The molecule has 2 atom stereocenters. The molecule has 0 radical (unpaired) electrons. The number of hydrogen-bond donors (Lipinski definition) is 4.